The van der Waals surface area contributed by atoms with Crippen LogP contribution in [0, 0.1) is 13.8 Å². The lowest BCUT2D eigenvalue weighted by Crippen LogP contribution is -2.30. The van der Waals surface area contributed by atoms with Crippen molar-refractivity contribution in [1.82, 2.24) is 9.97 Å². The van der Waals surface area contributed by atoms with Gasteiger partial charge < -0.3 is 9.64 Å². The SMILES string of the molecule is CC.CCOC(=O)c1sc2nc(C)nc(N3CCCCC3)c2c1C. The van der Waals surface area contributed by atoms with Crippen molar-refractivity contribution in [2.45, 2.75) is 53.9 Å². The summed E-state index contributed by atoms with van der Waals surface area (Å²) in [5, 5.41) is 1.01. The van der Waals surface area contributed by atoms with Crippen molar-refractivity contribution >= 4 is 33.3 Å². The number of esters is 1. The Morgan fingerprint density at radius 3 is 2.46 bits per heavy atom. The van der Waals surface area contributed by atoms with E-state index in [4.69, 9.17) is 4.74 Å². The molecule has 0 amide bonds. The van der Waals surface area contributed by atoms with Gasteiger partial charge in [-0.05, 0) is 45.6 Å². The molecule has 0 aromatic carbocycles. The molecule has 2 aromatic rings. The predicted molar refractivity (Wildman–Crippen MR) is 100 cm³/mol. The molecular formula is C18H27N3O2S. The molecule has 0 bridgehead atoms. The summed E-state index contributed by atoms with van der Waals surface area (Å²) in [4.78, 5) is 25.2. The van der Waals surface area contributed by atoms with Crippen LogP contribution in [0.5, 0.6) is 0 Å². The molecule has 2 aromatic heterocycles. The van der Waals surface area contributed by atoms with Crippen molar-refractivity contribution in [3.05, 3.63) is 16.3 Å². The number of thiophene rings is 1. The average molecular weight is 350 g/mol. The van der Waals surface area contributed by atoms with Crippen molar-refractivity contribution < 1.29 is 9.53 Å². The monoisotopic (exact) mass is 349 g/mol. The van der Waals surface area contributed by atoms with Crippen LogP contribution in [0.2, 0.25) is 0 Å². The van der Waals surface area contributed by atoms with E-state index in [1.807, 2.05) is 34.6 Å². The number of carbonyl (C=O) groups is 1. The summed E-state index contributed by atoms with van der Waals surface area (Å²) in [5.74, 6) is 1.47. The summed E-state index contributed by atoms with van der Waals surface area (Å²) in [5.41, 5.74) is 0.944. The highest BCUT2D eigenvalue weighted by Gasteiger charge is 2.24. The Bertz CT molecular complexity index is 706. The summed E-state index contributed by atoms with van der Waals surface area (Å²) in [6.45, 7) is 12.1. The van der Waals surface area contributed by atoms with E-state index in [-0.39, 0.29) is 5.97 Å². The zero-order valence-electron chi connectivity index (χ0n) is 15.3. The lowest BCUT2D eigenvalue weighted by Gasteiger charge is -2.28. The van der Waals surface area contributed by atoms with Gasteiger partial charge in [0, 0.05) is 13.1 Å². The molecule has 1 fully saturated rings. The first-order chi connectivity index (χ1) is 11.6. The van der Waals surface area contributed by atoms with E-state index in [0.29, 0.717) is 11.5 Å². The van der Waals surface area contributed by atoms with Gasteiger partial charge in [0.05, 0.1) is 12.0 Å². The van der Waals surface area contributed by atoms with E-state index in [0.717, 1.165) is 40.5 Å². The fourth-order valence-electron chi connectivity index (χ4n) is 2.95. The third-order valence-corrected chi connectivity index (χ3v) is 5.17. The van der Waals surface area contributed by atoms with Crippen LogP contribution in [0.15, 0.2) is 0 Å². The minimum absolute atomic E-state index is 0.259. The van der Waals surface area contributed by atoms with Gasteiger partial charge in [-0.3, -0.25) is 0 Å². The Balaban J connectivity index is 0.00000100. The minimum atomic E-state index is -0.259. The fraction of sp³-hybridized carbons (Fsp3) is 0.611. The molecule has 0 saturated carbocycles. The highest BCUT2D eigenvalue weighted by atomic mass is 32.1. The van der Waals surface area contributed by atoms with Crippen LogP contribution in [0.25, 0.3) is 10.2 Å². The van der Waals surface area contributed by atoms with Crippen molar-refractivity contribution in [2.24, 2.45) is 0 Å². The fourth-order valence-corrected chi connectivity index (χ4v) is 4.06. The van der Waals surface area contributed by atoms with Gasteiger partial charge >= 0.3 is 5.97 Å². The Kier molecular flexibility index (Phi) is 6.54. The van der Waals surface area contributed by atoms with Crippen LogP contribution < -0.4 is 4.90 Å². The van der Waals surface area contributed by atoms with E-state index >= 15 is 0 Å². The first-order valence-electron chi connectivity index (χ1n) is 8.81. The quantitative estimate of drug-likeness (QED) is 0.764. The second-order valence-electron chi connectivity index (χ2n) is 5.60. The standard InChI is InChI=1S/C16H21N3O2S.C2H6/c1-4-21-16(20)13-10(2)12-14(19-8-6-5-7-9-19)17-11(3)18-15(12)22-13;1-2/h4-9H2,1-3H3;1-2H3. The number of fused-ring (bicyclic) bond motifs is 1. The van der Waals surface area contributed by atoms with Gasteiger partial charge in [0.25, 0.3) is 0 Å². The molecule has 0 atom stereocenters. The van der Waals surface area contributed by atoms with Crippen LogP contribution in [0.4, 0.5) is 5.82 Å². The van der Waals surface area contributed by atoms with E-state index in [9.17, 15) is 4.79 Å². The van der Waals surface area contributed by atoms with Gasteiger partial charge in [-0.25, -0.2) is 14.8 Å². The highest BCUT2D eigenvalue weighted by Crippen LogP contribution is 2.36. The van der Waals surface area contributed by atoms with Gasteiger partial charge in [0.2, 0.25) is 0 Å². The Labute approximate surface area is 148 Å². The number of ether oxygens (including phenoxy) is 1. The third-order valence-electron chi connectivity index (χ3n) is 4.00. The summed E-state index contributed by atoms with van der Waals surface area (Å²) < 4.78 is 5.16. The molecular weight excluding hydrogens is 322 g/mol. The summed E-state index contributed by atoms with van der Waals surface area (Å²) in [6, 6.07) is 0. The number of piperidine rings is 1. The first-order valence-corrected chi connectivity index (χ1v) is 9.63. The molecule has 5 nitrogen and oxygen atoms in total. The maximum atomic E-state index is 12.1. The van der Waals surface area contributed by atoms with E-state index in [2.05, 4.69) is 14.9 Å². The van der Waals surface area contributed by atoms with Crippen molar-refractivity contribution in [1.29, 1.82) is 0 Å². The van der Waals surface area contributed by atoms with Crippen LogP contribution in [-0.4, -0.2) is 35.6 Å². The zero-order chi connectivity index (χ0) is 17.7. The third kappa shape index (κ3) is 3.69. The highest BCUT2D eigenvalue weighted by molar-refractivity contribution is 7.20. The van der Waals surface area contributed by atoms with Crippen molar-refractivity contribution in [3.8, 4) is 0 Å². The summed E-state index contributed by atoms with van der Waals surface area (Å²) in [6.07, 6.45) is 3.66. The molecule has 3 heterocycles. The topological polar surface area (TPSA) is 55.3 Å². The van der Waals surface area contributed by atoms with Crippen molar-refractivity contribution in [3.63, 3.8) is 0 Å². The normalized spacial score (nSPS) is 14.3. The maximum absolute atomic E-state index is 12.1. The van der Waals surface area contributed by atoms with Gasteiger partial charge in [0.1, 0.15) is 21.3 Å². The van der Waals surface area contributed by atoms with Gasteiger partial charge in [-0.1, -0.05) is 13.8 Å². The zero-order valence-corrected chi connectivity index (χ0v) is 16.1. The molecule has 3 rings (SSSR count). The lowest BCUT2D eigenvalue weighted by atomic mass is 10.1. The number of carbonyl (C=O) groups excluding carboxylic acids is 1. The van der Waals surface area contributed by atoms with Crippen LogP contribution in [0.1, 0.15) is 61.1 Å². The number of aryl methyl sites for hydroxylation is 2. The Hall–Kier alpha value is -1.69. The second-order valence-corrected chi connectivity index (χ2v) is 6.60. The number of rotatable bonds is 3. The molecule has 6 heteroatoms. The molecule has 1 saturated heterocycles. The molecule has 0 aliphatic carbocycles. The number of nitrogens with zero attached hydrogens (tertiary/aromatic N) is 3. The smallest absolute Gasteiger partial charge is 0.348 e. The largest absolute Gasteiger partial charge is 0.462 e. The molecule has 0 N–H and O–H groups in total. The summed E-state index contributed by atoms with van der Waals surface area (Å²) >= 11 is 1.41. The first kappa shape index (κ1) is 18.6. The number of hydrogen-bond acceptors (Lipinski definition) is 6. The number of aromatic nitrogens is 2. The second kappa shape index (κ2) is 8.42. The molecule has 1 aliphatic heterocycles. The van der Waals surface area contributed by atoms with E-state index in [1.165, 1.54) is 30.6 Å². The number of hydrogen-bond donors (Lipinski definition) is 0. The van der Waals surface area contributed by atoms with Crippen LogP contribution in [0.3, 0.4) is 0 Å². The van der Waals surface area contributed by atoms with Gasteiger partial charge in [-0.2, -0.15) is 0 Å². The average Bonchev–Trinajstić information content (AvgIpc) is 2.93. The Morgan fingerprint density at radius 1 is 1.17 bits per heavy atom. The lowest BCUT2D eigenvalue weighted by molar-refractivity contribution is 0.0531. The van der Waals surface area contributed by atoms with Gasteiger partial charge in [0.15, 0.2) is 0 Å². The van der Waals surface area contributed by atoms with Crippen LogP contribution >= 0.6 is 11.3 Å². The maximum Gasteiger partial charge on any atom is 0.348 e. The number of anilines is 1. The molecule has 0 unspecified atom stereocenters. The van der Waals surface area contributed by atoms with E-state index in [1.54, 1.807) is 0 Å². The van der Waals surface area contributed by atoms with E-state index < -0.39 is 0 Å². The van der Waals surface area contributed by atoms with Crippen molar-refractivity contribution in [2.75, 3.05) is 24.6 Å². The summed E-state index contributed by atoms with van der Waals surface area (Å²) in [7, 11) is 0. The predicted octanol–water partition coefficient (Wildman–Crippen LogP) is 4.50. The molecule has 24 heavy (non-hydrogen) atoms. The van der Waals surface area contributed by atoms with Gasteiger partial charge in [-0.15, -0.1) is 11.3 Å². The van der Waals surface area contributed by atoms with Crippen LogP contribution in [-0.2, 0) is 4.74 Å². The molecule has 1 aliphatic rings. The minimum Gasteiger partial charge on any atom is -0.462 e. The molecule has 0 spiro atoms. The Morgan fingerprint density at radius 2 is 1.83 bits per heavy atom. The molecule has 0 radical (unpaired) electrons. The molecule has 132 valence electrons.